The van der Waals surface area contributed by atoms with Gasteiger partial charge in [0.05, 0.1) is 6.04 Å². The third-order valence-corrected chi connectivity index (χ3v) is 6.35. The Morgan fingerprint density at radius 1 is 1.36 bits per heavy atom. The maximum atomic E-state index is 12.7. The number of amides is 1. The van der Waals surface area contributed by atoms with Crippen molar-refractivity contribution in [3.8, 4) is 0 Å². The van der Waals surface area contributed by atoms with Gasteiger partial charge in [0.15, 0.2) is 0 Å². The SMILES string of the molecule is CCN(CC)S(=O)(=O)CC(=O)N1CCNCC1c1cccc(Cl)c1.Cl. The van der Waals surface area contributed by atoms with E-state index in [-0.39, 0.29) is 24.4 Å². The Morgan fingerprint density at radius 3 is 2.64 bits per heavy atom. The molecule has 142 valence electrons. The van der Waals surface area contributed by atoms with Crippen molar-refractivity contribution in [2.75, 3.05) is 38.5 Å². The van der Waals surface area contributed by atoms with Gasteiger partial charge in [-0.2, -0.15) is 0 Å². The lowest BCUT2D eigenvalue weighted by Gasteiger charge is -2.37. The average Bonchev–Trinajstić information content (AvgIpc) is 2.55. The van der Waals surface area contributed by atoms with Crippen LogP contribution in [0.2, 0.25) is 5.02 Å². The number of sulfonamides is 1. The summed E-state index contributed by atoms with van der Waals surface area (Å²) < 4.78 is 26.1. The number of hydrogen-bond acceptors (Lipinski definition) is 4. The van der Waals surface area contributed by atoms with Crippen LogP contribution in [0.1, 0.15) is 25.5 Å². The third-order valence-electron chi connectivity index (χ3n) is 4.20. The molecule has 1 heterocycles. The highest BCUT2D eigenvalue weighted by molar-refractivity contribution is 7.89. The summed E-state index contributed by atoms with van der Waals surface area (Å²) in [5, 5.41) is 3.85. The van der Waals surface area contributed by atoms with E-state index >= 15 is 0 Å². The topological polar surface area (TPSA) is 69.7 Å². The number of piperazine rings is 1. The van der Waals surface area contributed by atoms with Crippen LogP contribution in [0.5, 0.6) is 0 Å². The van der Waals surface area contributed by atoms with Crippen molar-refractivity contribution in [2.24, 2.45) is 0 Å². The number of halogens is 2. The Kier molecular flexibility index (Phi) is 8.63. The van der Waals surface area contributed by atoms with E-state index in [2.05, 4.69) is 5.32 Å². The highest BCUT2D eigenvalue weighted by atomic mass is 35.5. The molecule has 1 amide bonds. The zero-order valence-electron chi connectivity index (χ0n) is 14.4. The Balaban J connectivity index is 0.00000312. The molecule has 2 rings (SSSR count). The Morgan fingerprint density at radius 2 is 2.04 bits per heavy atom. The van der Waals surface area contributed by atoms with Crippen LogP contribution in [0.4, 0.5) is 0 Å². The van der Waals surface area contributed by atoms with Crippen molar-refractivity contribution in [3.63, 3.8) is 0 Å². The Labute approximate surface area is 161 Å². The standard InChI is InChI=1S/C16H24ClN3O3S.ClH/c1-3-19(4-2)24(22,23)12-16(21)20-9-8-18-11-15(20)13-6-5-7-14(17)10-13;/h5-7,10,15,18H,3-4,8-9,11-12H2,1-2H3;1H. The third kappa shape index (κ3) is 5.56. The van der Waals surface area contributed by atoms with E-state index in [1.807, 2.05) is 18.2 Å². The van der Waals surface area contributed by atoms with Gasteiger partial charge in [0.2, 0.25) is 15.9 Å². The largest absolute Gasteiger partial charge is 0.332 e. The molecule has 1 N–H and O–H groups in total. The highest BCUT2D eigenvalue weighted by Crippen LogP contribution is 2.25. The summed E-state index contributed by atoms with van der Waals surface area (Å²) in [6.45, 7) is 5.97. The van der Waals surface area contributed by atoms with Crippen molar-refractivity contribution in [3.05, 3.63) is 34.9 Å². The lowest BCUT2D eigenvalue weighted by atomic mass is 10.0. The van der Waals surface area contributed by atoms with Crippen LogP contribution in [0.25, 0.3) is 0 Å². The van der Waals surface area contributed by atoms with Crippen LogP contribution < -0.4 is 5.32 Å². The lowest BCUT2D eigenvalue weighted by Crippen LogP contribution is -2.51. The molecule has 0 aromatic heterocycles. The zero-order valence-corrected chi connectivity index (χ0v) is 16.8. The van der Waals surface area contributed by atoms with Crippen molar-refractivity contribution in [1.82, 2.24) is 14.5 Å². The summed E-state index contributed by atoms with van der Waals surface area (Å²) in [6, 6.07) is 7.12. The van der Waals surface area contributed by atoms with E-state index in [1.54, 1.807) is 24.8 Å². The number of nitrogens with zero attached hydrogens (tertiary/aromatic N) is 2. The quantitative estimate of drug-likeness (QED) is 0.778. The molecule has 1 aromatic carbocycles. The van der Waals surface area contributed by atoms with Crippen molar-refractivity contribution in [2.45, 2.75) is 19.9 Å². The van der Waals surface area contributed by atoms with Gasteiger partial charge in [-0.25, -0.2) is 12.7 Å². The summed E-state index contributed by atoms with van der Waals surface area (Å²) >= 11 is 6.05. The van der Waals surface area contributed by atoms with Crippen molar-refractivity contribution in [1.29, 1.82) is 0 Å². The number of carbonyl (C=O) groups is 1. The highest BCUT2D eigenvalue weighted by Gasteiger charge is 2.32. The van der Waals surface area contributed by atoms with E-state index < -0.39 is 15.8 Å². The van der Waals surface area contributed by atoms with Gasteiger partial charge in [-0.1, -0.05) is 37.6 Å². The van der Waals surface area contributed by atoms with E-state index in [0.29, 0.717) is 37.7 Å². The molecular weight excluding hydrogens is 385 g/mol. The predicted octanol–water partition coefficient (Wildman–Crippen LogP) is 1.91. The van der Waals surface area contributed by atoms with Gasteiger partial charge in [-0.05, 0) is 17.7 Å². The predicted molar refractivity (Wildman–Crippen MR) is 103 cm³/mol. The number of carbonyl (C=O) groups excluding carboxylic acids is 1. The van der Waals surface area contributed by atoms with Crippen LogP contribution >= 0.6 is 24.0 Å². The molecule has 0 aliphatic carbocycles. The molecule has 1 aromatic rings. The summed E-state index contributed by atoms with van der Waals surface area (Å²) in [5.74, 6) is -0.862. The second kappa shape index (κ2) is 9.73. The Hall–Kier alpha value is -0.860. The smallest absolute Gasteiger partial charge is 0.239 e. The fourth-order valence-corrected chi connectivity index (χ4v) is 4.61. The van der Waals surface area contributed by atoms with Gasteiger partial charge in [-0.3, -0.25) is 4.79 Å². The monoisotopic (exact) mass is 409 g/mol. The second-order valence-corrected chi connectivity index (χ2v) is 8.11. The molecule has 9 heteroatoms. The number of nitrogens with one attached hydrogen (secondary N) is 1. The first kappa shape index (κ1) is 22.2. The molecule has 1 unspecified atom stereocenters. The van der Waals surface area contributed by atoms with Crippen LogP contribution in [0, 0.1) is 0 Å². The van der Waals surface area contributed by atoms with Gasteiger partial charge in [0.1, 0.15) is 5.75 Å². The van der Waals surface area contributed by atoms with Crippen molar-refractivity contribution >= 4 is 39.9 Å². The molecule has 25 heavy (non-hydrogen) atoms. The molecule has 1 aliphatic rings. The summed E-state index contributed by atoms with van der Waals surface area (Å²) in [5.41, 5.74) is 0.906. The Bertz CT molecular complexity index is 681. The minimum Gasteiger partial charge on any atom is -0.332 e. The van der Waals surface area contributed by atoms with Crippen LogP contribution in [-0.2, 0) is 14.8 Å². The number of hydrogen-bond donors (Lipinski definition) is 1. The molecule has 0 bridgehead atoms. The van der Waals surface area contributed by atoms with E-state index in [0.717, 1.165) is 5.56 Å². The molecule has 6 nitrogen and oxygen atoms in total. The average molecular weight is 410 g/mol. The first-order valence-corrected chi connectivity index (χ1v) is 10.1. The van der Waals surface area contributed by atoms with Gasteiger partial charge in [-0.15, -0.1) is 12.4 Å². The van der Waals surface area contributed by atoms with Crippen LogP contribution in [0.3, 0.4) is 0 Å². The molecular formula is C16H25Cl2N3O3S. The first-order valence-electron chi connectivity index (χ1n) is 8.12. The van der Waals surface area contributed by atoms with Crippen LogP contribution in [-0.4, -0.2) is 62.0 Å². The first-order chi connectivity index (χ1) is 11.4. The van der Waals surface area contributed by atoms with E-state index in [1.165, 1.54) is 4.31 Å². The van der Waals surface area contributed by atoms with E-state index in [4.69, 9.17) is 11.6 Å². The molecule has 1 aliphatic heterocycles. The van der Waals surface area contributed by atoms with Gasteiger partial charge in [0, 0.05) is 37.7 Å². The van der Waals surface area contributed by atoms with E-state index in [9.17, 15) is 13.2 Å². The van der Waals surface area contributed by atoms with Crippen LogP contribution in [0.15, 0.2) is 24.3 Å². The second-order valence-electron chi connectivity index (χ2n) is 5.70. The summed E-state index contributed by atoms with van der Waals surface area (Å²) in [6.07, 6.45) is 0. The fourth-order valence-electron chi connectivity index (χ4n) is 2.96. The maximum Gasteiger partial charge on any atom is 0.239 e. The summed E-state index contributed by atoms with van der Waals surface area (Å²) in [4.78, 5) is 14.3. The van der Waals surface area contributed by atoms with Gasteiger partial charge in [0.25, 0.3) is 0 Å². The number of rotatable bonds is 6. The normalized spacial score (nSPS) is 18.1. The lowest BCUT2D eigenvalue weighted by molar-refractivity contribution is -0.131. The number of benzene rings is 1. The minimum atomic E-state index is -3.59. The molecule has 0 saturated carbocycles. The minimum absolute atomic E-state index is 0. The maximum absolute atomic E-state index is 12.7. The molecule has 0 spiro atoms. The molecule has 1 fully saturated rings. The summed E-state index contributed by atoms with van der Waals surface area (Å²) in [7, 11) is -3.59. The molecule has 1 atom stereocenters. The fraction of sp³-hybridized carbons (Fsp3) is 0.562. The van der Waals surface area contributed by atoms with Gasteiger partial charge >= 0.3 is 0 Å². The molecule has 0 radical (unpaired) electrons. The van der Waals surface area contributed by atoms with Crippen molar-refractivity contribution < 1.29 is 13.2 Å². The van der Waals surface area contributed by atoms with Gasteiger partial charge < -0.3 is 10.2 Å². The molecule has 1 saturated heterocycles. The zero-order chi connectivity index (χ0) is 17.7.